The van der Waals surface area contributed by atoms with Crippen molar-refractivity contribution >= 4 is 11.8 Å². The van der Waals surface area contributed by atoms with E-state index in [4.69, 9.17) is 5.11 Å². The number of rotatable bonds is 2. The van der Waals surface area contributed by atoms with Gasteiger partial charge in [-0.1, -0.05) is 42.5 Å². The maximum atomic E-state index is 11.9. The Morgan fingerprint density at radius 2 is 1.79 bits per heavy atom. The van der Waals surface area contributed by atoms with Crippen LogP contribution in [0.15, 0.2) is 48.5 Å². The molecule has 0 aliphatic heterocycles. The molecular formula is C16H12O3. The van der Waals surface area contributed by atoms with Gasteiger partial charge in [-0.2, -0.15) is 0 Å². The van der Waals surface area contributed by atoms with Crippen molar-refractivity contribution in [1.82, 2.24) is 0 Å². The van der Waals surface area contributed by atoms with Gasteiger partial charge in [0.1, 0.15) is 0 Å². The molecule has 94 valence electrons. The zero-order valence-corrected chi connectivity index (χ0v) is 10.2. The third-order valence-corrected chi connectivity index (χ3v) is 3.52. The molecule has 0 heterocycles. The number of benzene rings is 2. The number of carboxylic acid groups (broad SMARTS) is 1. The summed E-state index contributed by atoms with van der Waals surface area (Å²) in [5.41, 5.74) is 3.15. The lowest BCUT2D eigenvalue weighted by molar-refractivity contribution is -0.138. The Morgan fingerprint density at radius 1 is 1.05 bits per heavy atom. The Balaban J connectivity index is 2.09. The molecule has 0 amide bonds. The molecule has 0 spiro atoms. The van der Waals surface area contributed by atoms with E-state index in [0.717, 1.165) is 11.1 Å². The van der Waals surface area contributed by atoms with Gasteiger partial charge in [-0.3, -0.25) is 9.59 Å². The van der Waals surface area contributed by atoms with Crippen molar-refractivity contribution in [1.29, 1.82) is 0 Å². The molecule has 3 rings (SSSR count). The standard InChI is InChI=1S/C16H12O3/c17-15-9-14(16(18)19)12-7-6-11(8-13(12)15)10-4-2-1-3-5-10/h1-8,14H,9H2,(H,18,19)/t14-/m1/s1. The summed E-state index contributed by atoms with van der Waals surface area (Å²) >= 11 is 0. The van der Waals surface area contributed by atoms with Crippen molar-refractivity contribution in [3.05, 3.63) is 59.7 Å². The first kappa shape index (κ1) is 11.7. The van der Waals surface area contributed by atoms with Gasteiger partial charge in [0, 0.05) is 12.0 Å². The molecule has 3 heteroatoms. The van der Waals surface area contributed by atoms with Gasteiger partial charge in [-0.15, -0.1) is 0 Å². The van der Waals surface area contributed by atoms with Crippen molar-refractivity contribution in [3.63, 3.8) is 0 Å². The minimum atomic E-state index is -0.931. The molecule has 2 aromatic rings. The number of aliphatic carboxylic acids is 1. The third-order valence-electron chi connectivity index (χ3n) is 3.52. The maximum absolute atomic E-state index is 11.9. The fourth-order valence-electron chi connectivity index (χ4n) is 2.54. The topological polar surface area (TPSA) is 54.4 Å². The van der Waals surface area contributed by atoms with E-state index >= 15 is 0 Å². The van der Waals surface area contributed by atoms with Gasteiger partial charge in [0.05, 0.1) is 5.92 Å². The minimum absolute atomic E-state index is 0.0723. The van der Waals surface area contributed by atoms with Crippen LogP contribution >= 0.6 is 0 Å². The summed E-state index contributed by atoms with van der Waals surface area (Å²) in [6, 6.07) is 15.2. The number of fused-ring (bicyclic) bond motifs is 1. The fourth-order valence-corrected chi connectivity index (χ4v) is 2.54. The lowest BCUT2D eigenvalue weighted by Crippen LogP contribution is -2.08. The first-order valence-electron chi connectivity index (χ1n) is 6.12. The molecule has 0 unspecified atom stereocenters. The zero-order valence-electron chi connectivity index (χ0n) is 10.2. The van der Waals surface area contributed by atoms with Crippen LogP contribution < -0.4 is 0 Å². The van der Waals surface area contributed by atoms with Crippen molar-refractivity contribution in [3.8, 4) is 11.1 Å². The monoisotopic (exact) mass is 252 g/mol. The Morgan fingerprint density at radius 3 is 2.47 bits per heavy atom. The second-order valence-corrected chi connectivity index (χ2v) is 4.69. The molecule has 0 saturated heterocycles. The summed E-state index contributed by atoms with van der Waals surface area (Å²) in [5.74, 6) is -1.70. The lowest BCUT2D eigenvalue weighted by atomic mass is 9.97. The maximum Gasteiger partial charge on any atom is 0.311 e. The van der Waals surface area contributed by atoms with Crippen LogP contribution in [0.4, 0.5) is 0 Å². The van der Waals surface area contributed by atoms with Crippen LogP contribution in [0.3, 0.4) is 0 Å². The van der Waals surface area contributed by atoms with E-state index in [-0.39, 0.29) is 12.2 Å². The van der Waals surface area contributed by atoms with Crippen molar-refractivity contribution in [2.24, 2.45) is 0 Å². The van der Waals surface area contributed by atoms with E-state index < -0.39 is 11.9 Å². The molecule has 1 aliphatic rings. The van der Waals surface area contributed by atoms with Crippen LogP contribution in [0.25, 0.3) is 11.1 Å². The summed E-state index contributed by atoms with van der Waals surface area (Å²) in [6.45, 7) is 0. The van der Waals surface area contributed by atoms with Gasteiger partial charge in [0.2, 0.25) is 0 Å². The Kier molecular flexibility index (Phi) is 2.67. The summed E-state index contributed by atoms with van der Waals surface area (Å²) < 4.78 is 0. The molecule has 19 heavy (non-hydrogen) atoms. The van der Waals surface area contributed by atoms with Crippen LogP contribution in [0, 0.1) is 0 Å². The first-order valence-corrected chi connectivity index (χ1v) is 6.12. The molecule has 0 bridgehead atoms. The second kappa shape index (κ2) is 4.35. The number of carboxylic acids is 1. The van der Waals surface area contributed by atoms with Crippen molar-refractivity contribution in [2.75, 3.05) is 0 Å². The molecule has 0 radical (unpaired) electrons. The molecule has 2 aromatic carbocycles. The smallest absolute Gasteiger partial charge is 0.311 e. The predicted octanol–water partition coefficient (Wildman–Crippen LogP) is 3.11. The highest BCUT2D eigenvalue weighted by Crippen LogP contribution is 2.35. The number of ketones is 1. The van der Waals surface area contributed by atoms with Crippen LogP contribution in [0.5, 0.6) is 0 Å². The van der Waals surface area contributed by atoms with E-state index in [1.807, 2.05) is 36.4 Å². The number of carbonyl (C=O) groups excluding carboxylic acids is 1. The SMILES string of the molecule is O=C1C[C@@H](C(=O)O)c2ccc(-c3ccccc3)cc21. The molecule has 0 fully saturated rings. The van der Waals surface area contributed by atoms with Gasteiger partial charge >= 0.3 is 5.97 Å². The molecular weight excluding hydrogens is 240 g/mol. The molecule has 1 aliphatic carbocycles. The highest BCUT2D eigenvalue weighted by molar-refractivity contribution is 6.06. The van der Waals surface area contributed by atoms with E-state index in [9.17, 15) is 9.59 Å². The van der Waals surface area contributed by atoms with Crippen LogP contribution in [-0.2, 0) is 4.79 Å². The summed E-state index contributed by atoms with van der Waals surface area (Å²) in [6.07, 6.45) is 0.0723. The summed E-state index contributed by atoms with van der Waals surface area (Å²) in [4.78, 5) is 23.0. The minimum Gasteiger partial charge on any atom is -0.481 e. The number of hydrogen-bond acceptors (Lipinski definition) is 2. The third kappa shape index (κ3) is 1.93. The van der Waals surface area contributed by atoms with E-state index in [0.29, 0.717) is 11.1 Å². The first-order chi connectivity index (χ1) is 9.16. The lowest BCUT2D eigenvalue weighted by Gasteiger charge is -2.07. The van der Waals surface area contributed by atoms with E-state index in [1.165, 1.54) is 0 Å². The van der Waals surface area contributed by atoms with Gasteiger partial charge < -0.3 is 5.11 Å². The summed E-state index contributed by atoms with van der Waals surface area (Å²) in [7, 11) is 0. The van der Waals surface area contributed by atoms with Crippen molar-refractivity contribution < 1.29 is 14.7 Å². The van der Waals surface area contributed by atoms with Crippen LogP contribution in [0.1, 0.15) is 28.3 Å². The second-order valence-electron chi connectivity index (χ2n) is 4.69. The van der Waals surface area contributed by atoms with Gasteiger partial charge in [0.15, 0.2) is 5.78 Å². The molecule has 0 aromatic heterocycles. The Labute approximate surface area is 110 Å². The number of carbonyl (C=O) groups is 2. The summed E-state index contributed by atoms with van der Waals surface area (Å²) in [5, 5.41) is 9.11. The van der Waals surface area contributed by atoms with Crippen molar-refractivity contribution in [2.45, 2.75) is 12.3 Å². The molecule has 1 N–H and O–H groups in total. The average Bonchev–Trinajstić information content (AvgIpc) is 2.77. The highest BCUT2D eigenvalue weighted by atomic mass is 16.4. The highest BCUT2D eigenvalue weighted by Gasteiger charge is 2.34. The normalized spacial score (nSPS) is 17.3. The molecule has 0 saturated carbocycles. The molecule has 3 nitrogen and oxygen atoms in total. The fraction of sp³-hybridized carbons (Fsp3) is 0.125. The Hall–Kier alpha value is -2.42. The van der Waals surface area contributed by atoms with E-state index in [2.05, 4.69) is 0 Å². The largest absolute Gasteiger partial charge is 0.481 e. The van der Waals surface area contributed by atoms with Gasteiger partial charge in [0.25, 0.3) is 0 Å². The van der Waals surface area contributed by atoms with Crippen LogP contribution in [-0.4, -0.2) is 16.9 Å². The zero-order chi connectivity index (χ0) is 13.4. The van der Waals surface area contributed by atoms with Gasteiger partial charge in [-0.05, 0) is 22.8 Å². The number of hydrogen-bond donors (Lipinski definition) is 1. The quantitative estimate of drug-likeness (QED) is 0.893. The Bertz CT molecular complexity index is 659. The van der Waals surface area contributed by atoms with Gasteiger partial charge in [-0.25, -0.2) is 0 Å². The molecule has 1 atom stereocenters. The van der Waals surface area contributed by atoms with E-state index in [1.54, 1.807) is 12.1 Å². The van der Waals surface area contributed by atoms with Crippen LogP contribution in [0.2, 0.25) is 0 Å². The number of Topliss-reactive ketones (excluding diaryl/α,β-unsaturated/α-hetero) is 1. The predicted molar refractivity (Wildman–Crippen MR) is 71.2 cm³/mol. The average molecular weight is 252 g/mol.